The third kappa shape index (κ3) is 5.72. The molecule has 0 aromatic heterocycles. The van der Waals surface area contributed by atoms with Gasteiger partial charge < -0.3 is 5.11 Å². The Hall–Kier alpha value is -4.23. The van der Waals surface area contributed by atoms with Gasteiger partial charge in [-0.1, -0.05) is 17.7 Å². The molecule has 170 valence electrons. The Bertz CT molecular complexity index is 1380. The first-order valence-electron chi connectivity index (χ1n) is 8.90. The van der Waals surface area contributed by atoms with Gasteiger partial charge in [-0.15, -0.1) is 0 Å². The number of nitro groups is 2. The quantitative estimate of drug-likeness (QED) is 0.239. The second-order valence-electron chi connectivity index (χ2n) is 6.42. The van der Waals surface area contributed by atoms with Crippen molar-refractivity contribution in [2.75, 3.05) is 10.1 Å². The molecule has 3 N–H and O–H groups in total. The number of rotatable bonds is 8. The molecule has 0 atom stereocenters. The van der Waals surface area contributed by atoms with Gasteiger partial charge in [-0.05, 0) is 36.4 Å². The van der Waals surface area contributed by atoms with Crippen LogP contribution in [0.2, 0.25) is 5.02 Å². The fraction of sp³-hybridized carbons (Fsp3) is 0. The number of halogens is 1. The van der Waals surface area contributed by atoms with Gasteiger partial charge in [0.2, 0.25) is 0 Å². The molecule has 33 heavy (non-hydrogen) atoms. The van der Waals surface area contributed by atoms with E-state index in [9.17, 15) is 33.8 Å². The van der Waals surface area contributed by atoms with E-state index in [0.717, 1.165) is 42.6 Å². The largest absolute Gasteiger partial charge is 0.507 e. The van der Waals surface area contributed by atoms with Crippen LogP contribution in [0.3, 0.4) is 0 Å². The summed E-state index contributed by atoms with van der Waals surface area (Å²) in [6, 6.07) is 12.3. The van der Waals surface area contributed by atoms with Crippen LogP contribution in [0.4, 0.5) is 22.7 Å². The maximum Gasteiger partial charge on any atom is 0.295 e. The molecule has 0 heterocycles. The van der Waals surface area contributed by atoms with Crippen molar-refractivity contribution >= 4 is 50.6 Å². The lowest BCUT2D eigenvalue weighted by molar-refractivity contribution is -0.384. The molecule has 0 saturated heterocycles. The Morgan fingerprint density at radius 1 is 1.00 bits per heavy atom. The Morgan fingerprint density at radius 2 is 1.76 bits per heavy atom. The van der Waals surface area contributed by atoms with Crippen molar-refractivity contribution in [1.82, 2.24) is 0 Å². The molecule has 0 spiro atoms. The summed E-state index contributed by atoms with van der Waals surface area (Å²) in [5.41, 5.74) is 1.50. The van der Waals surface area contributed by atoms with Crippen molar-refractivity contribution in [1.29, 1.82) is 0 Å². The van der Waals surface area contributed by atoms with Gasteiger partial charge in [0.05, 0.1) is 26.6 Å². The minimum atomic E-state index is -4.16. The Morgan fingerprint density at radius 3 is 2.42 bits per heavy atom. The molecular weight excluding hydrogens is 478 g/mol. The first-order valence-corrected chi connectivity index (χ1v) is 10.8. The third-order valence-electron chi connectivity index (χ3n) is 4.16. The van der Waals surface area contributed by atoms with Crippen LogP contribution in [0.5, 0.6) is 5.75 Å². The lowest BCUT2D eigenvalue weighted by atomic mass is 10.2. The van der Waals surface area contributed by atoms with E-state index in [2.05, 4.69) is 15.2 Å². The van der Waals surface area contributed by atoms with E-state index in [4.69, 9.17) is 11.6 Å². The Kier molecular flexibility index (Phi) is 6.75. The summed E-state index contributed by atoms with van der Waals surface area (Å²) in [6.07, 6.45) is 1.03. The minimum absolute atomic E-state index is 0.00993. The van der Waals surface area contributed by atoms with E-state index < -0.39 is 25.6 Å². The number of phenolic OH excluding ortho intramolecular Hbond substituents is 1. The normalized spacial score (nSPS) is 11.3. The number of aromatic hydroxyl groups is 1. The average molecular weight is 492 g/mol. The minimum Gasteiger partial charge on any atom is -0.507 e. The molecule has 0 saturated carbocycles. The van der Waals surface area contributed by atoms with Gasteiger partial charge in [-0.2, -0.15) is 5.10 Å². The van der Waals surface area contributed by atoms with E-state index in [1.165, 1.54) is 18.2 Å². The predicted octanol–water partition coefficient (Wildman–Crippen LogP) is 4.11. The van der Waals surface area contributed by atoms with Gasteiger partial charge in [0, 0.05) is 28.8 Å². The predicted molar refractivity (Wildman–Crippen MR) is 121 cm³/mol. The van der Waals surface area contributed by atoms with Crippen LogP contribution < -0.4 is 10.1 Å². The van der Waals surface area contributed by atoms with Crippen molar-refractivity contribution in [3.05, 3.63) is 91.5 Å². The molecule has 3 aromatic rings. The van der Waals surface area contributed by atoms with E-state index in [-0.39, 0.29) is 33.3 Å². The Balaban J connectivity index is 1.86. The number of anilines is 2. The van der Waals surface area contributed by atoms with Crippen LogP contribution in [0.25, 0.3) is 0 Å². The van der Waals surface area contributed by atoms with Gasteiger partial charge in [0.1, 0.15) is 11.4 Å². The molecule has 0 unspecified atom stereocenters. The van der Waals surface area contributed by atoms with Gasteiger partial charge >= 0.3 is 0 Å². The SMILES string of the molecule is O=[N+]([O-])c1ccc(O)c(C=NNc2ccc(S(=O)(=O)Nc3cccc(Cl)c3)cc2[N+](=O)[O-])c1. The molecule has 0 aliphatic carbocycles. The standard InChI is InChI=1S/C19H14ClN5O7S/c20-13-2-1-3-14(9-13)23-33(31,32)16-5-6-17(18(10-16)25(29)30)22-21-11-12-8-15(24(27)28)4-7-19(12)26/h1-11,22-23,26H. The first-order chi connectivity index (χ1) is 15.6. The van der Waals surface area contributed by atoms with Crippen molar-refractivity contribution < 1.29 is 23.4 Å². The summed E-state index contributed by atoms with van der Waals surface area (Å²) >= 11 is 5.84. The number of benzene rings is 3. The average Bonchev–Trinajstić information content (AvgIpc) is 2.74. The molecule has 12 nitrogen and oxygen atoms in total. The van der Waals surface area contributed by atoms with Gasteiger partial charge in [-0.25, -0.2) is 8.42 Å². The van der Waals surface area contributed by atoms with E-state index in [1.54, 1.807) is 6.07 Å². The summed E-state index contributed by atoms with van der Waals surface area (Å²) in [5, 5.41) is 36.2. The summed E-state index contributed by atoms with van der Waals surface area (Å²) < 4.78 is 27.5. The van der Waals surface area contributed by atoms with Crippen LogP contribution in [-0.2, 0) is 10.0 Å². The molecule has 0 amide bonds. The highest BCUT2D eigenvalue weighted by Gasteiger charge is 2.22. The zero-order chi connectivity index (χ0) is 24.2. The molecule has 3 rings (SSSR count). The maximum atomic E-state index is 12.6. The van der Waals surface area contributed by atoms with E-state index in [1.807, 2.05) is 0 Å². The zero-order valence-corrected chi connectivity index (χ0v) is 17.9. The number of sulfonamides is 1. The zero-order valence-electron chi connectivity index (χ0n) is 16.4. The van der Waals surface area contributed by atoms with Crippen molar-refractivity contribution in [3.63, 3.8) is 0 Å². The lowest BCUT2D eigenvalue weighted by Gasteiger charge is -2.09. The van der Waals surface area contributed by atoms with Crippen molar-refractivity contribution in [3.8, 4) is 5.75 Å². The monoisotopic (exact) mass is 491 g/mol. The van der Waals surface area contributed by atoms with Gasteiger partial charge in [-0.3, -0.25) is 30.4 Å². The molecule has 0 aliphatic heterocycles. The highest BCUT2D eigenvalue weighted by Crippen LogP contribution is 2.29. The fourth-order valence-corrected chi connectivity index (χ4v) is 3.88. The topological polar surface area (TPSA) is 177 Å². The number of nitrogens with zero attached hydrogens (tertiary/aromatic N) is 3. The van der Waals surface area contributed by atoms with Crippen molar-refractivity contribution in [2.24, 2.45) is 5.10 Å². The van der Waals surface area contributed by atoms with Crippen LogP contribution in [-0.4, -0.2) is 29.6 Å². The number of non-ortho nitro benzene ring substituents is 1. The summed E-state index contributed by atoms with van der Waals surface area (Å²) in [5.74, 6) is -0.297. The smallest absolute Gasteiger partial charge is 0.295 e. The van der Waals surface area contributed by atoms with Crippen LogP contribution >= 0.6 is 11.6 Å². The summed E-state index contributed by atoms with van der Waals surface area (Å²) in [4.78, 5) is 20.5. The molecule has 0 bridgehead atoms. The Labute approximate surface area is 191 Å². The van der Waals surface area contributed by atoms with Crippen LogP contribution in [0.15, 0.2) is 70.7 Å². The number of hydrogen-bond donors (Lipinski definition) is 3. The highest BCUT2D eigenvalue weighted by molar-refractivity contribution is 7.92. The number of nitrogens with one attached hydrogen (secondary N) is 2. The molecule has 0 radical (unpaired) electrons. The molecule has 0 fully saturated rings. The van der Waals surface area contributed by atoms with E-state index in [0.29, 0.717) is 5.02 Å². The lowest BCUT2D eigenvalue weighted by Crippen LogP contribution is -2.13. The molecular formula is C19H14ClN5O7S. The number of hydrazone groups is 1. The number of nitro benzene ring substituents is 2. The molecule has 0 aliphatic rings. The molecule has 14 heteroatoms. The highest BCUT2D eigenvalue weighted by atomic mass is 35.5. The fourth-order valence-electron chi connectivity index (χ4n) is 2.62. The number of hydrogen-bond acceptors (Lipinski definition) is 9. The maximum absolute atomic E-state index is 12.6. The summed E-state index contributed by atoms with van der Waals surface area (Å²) in [6.45, 7) is 0. The van der Waals surface area contributed by atoms with Crippen molar-refractivity contribution in [2.45, 2.75) is 4.90 Å². The van der Waals surface area contributed by atoms with Crippen LogP contribution in [0.1, 0.15) is 5.56 Å². The third-order valence-corrected chi connectivity index (χ3v) is 5.78. The summed E-state index contributed by atoms with van der Waals surface area (Å²) in [7, 11) is -4.16. The second kappa shape index (κ2) is 9.50. The molecule has 3 aromatic carbocycles. The van der Waals surface area contributed by atoms with Gasteiger partial charge in [0.15, 0.2) is 0 Å². The second-order valence-corrected chi connectivity index (χ2v) is 8.54. The van der Waals surface area contributed by atoms with Gasteiger partial charge in [0.25, 0.3) is 21.4 Å². The van der Waals surface area contributed by atoms with E-state index >= 15 is 0 Å². The van der Waals surface area contributed by atoms with Crippen LogP contribution in [0, 0.1) is 20.2 Å². The number of phenols is 1. The first kappa shape index (κ1) is 23.4.